The van der Waals surface area contributed by atoms with E-state index in [0.717, 1.165) is 6.20 Å². The molecule has 0 saturated heterocycles. The molecule has 4 nitrogen and oxygen atoms in total. The average Bonchev–Trinajstić information content (AvgIpc) is 2.28. The van der Waals surface area contributed by atoms with Crippen molar-refractivity contribution in [2.45, 2.75) is 26.8 Å². The van der Waals surface area contributed by atoms with Crippen molar-refractivity contribution in [2.24, 2.45) is 5.73 Å². The molecular weight excluding hydrogens is 230 g/mol. The first-order valence-corrected chi connectivity index (χ1v) is 5.16. The van der Waals surface area contributed by atoms with Crippen LogP contribution < -0.4 is 5.73 Å². The summed E-state index contributed by atoms with van der Waals surface area (Å²) in [6.07, 6.45) is -1.79. The normalized spacial score (nSPS) is 10.7. The lowest BCUT2D eigenvalue weighted by atomic mass is 10.0. The SMILES string of the molecule is CCOC(=O)c1c(C(F)F)cnc(C)c1CN. The Morgan fingerprint density at radius 3 is 2.71 bits per heavy atom. The molecule has 0 amide bonds. The number of nitrogens with zero attached hydrogens (tertiary/aromatic N) is 1. The molecule has 6 heteroatoms. The maximum Gasteiger partial charge on any atom is 0.339 e. The third kappa shape index (κ3) is 2.76. The molecule has 17 heavy (non-hydrogen) atoms. The molecule has 0 bridgehead atoms. The molecule has 0 aliphatic carbocycles. The summed E-state index contributed by atoms with van der Waals surface area (Å²) in [6, 6.07) is 0. The van der Waals surface area contributed by atoms with Gasteiger partial charge in [0.05, 0.1) is 17.7 Å². The number of aromatic nitrogens is 1. The summed E-state index contributed by atoms with van der Waals surface area (Å²) in [5, 5.41) is 0. The zero-order chi connectivity index (χ0) is 13.0. The van der Waals surface area contributed by atoms with Crippen LogP contribution in [0.3, 0.4) is 0 Å². The van der Waals surface area contributed by atoms with Crippen molar-refractivity contribution in [1.29, 1.82) is 0 Å². The molecule has 1 rings (SSSR count). The summed E-state index contributed by atoms with van der Waals surface area (Å²) in [6.45, 7) is 3.30. The molecule has 0 spiro atoms. The molecule has 0 aliphatic rings. The number of carbonyl (C=O) groups excluding carboxylic acids is 1. The van der Waals surface area contributed by atoms with Crippen LogP contribution in [0.25, 0.3) is 0 Å². The highest BCUT2D eigenvalue weighted by atomic mass is 19.3. The second kappa shape index (κ2) is 5.67. The molecule has 0 fully saturated rings. The Hall–Kier alpha value is -1.56. The van der Waals surface area contributed by atoms with Crippen LogP contribution in [0.1, 0.15) is 40.5 Å². The highest BCUT2D eigenvalue weighted by molar-refractivity contribution is 5.93. The minimum absolute atomic E-state index is 0.0342. The van der Waals surface area contributed by atoms with Crippen LogP contribution in [-0.4, -0.2) is 17.6 Å². The van der Waals surface area contributed by atoms with Crippen molar-refractivity contribution < 1.29 is 18.3 Å². The molecule has 0 radical (unpaired) electrons. The number of halogens is 2. The number of esters is 1. The van der Waals surface area contributed by atoms with Crippen LogP contribution >= 0.6 is 0 Å². The van der Waals surface area contributed by atoms with E-state index in [0.29, 0.717) is 11.3 Å². The summed E-state index contributed by atoms with van der Waals surface area (Å²) in [4.78, 5) is 15.5. The van der Waals surface area contributed by atoms with Crippen LogP contribution in [-0.2, 0) is 11.3 Å². The predicted octanol–water partition coefficient (Wildman–Crippen LogP) is 1.96. The van der Waals surface area contributed by atoms with Crippen molar-refractivity contribution in [3.05, 3.63) is 28.6 Å². The van der Waals surface area contributed by atoms with E-state index >= 15 is 0 Å². The topological polar surface area (TPSA) is 65.2 Å². The maximum atomic E-state index is 12.8. The van der Waals surface area contributed by atoms with Crippen molar-refractivity contribution in [1.82, 2.24) is 4.98 Å². The molecule has 94 valence electrons. The van der Waals surface area contributed by atoms with E-state index in [9.17, 15) is 13.6 Å². The van der Waals surface area contributed by atoms with E-state index in [2.05, 4.69) is 4.98 Å². The fourth-order valence-corrected chi connectivity index (χ4v) is 1.52. The Morgan fingerprint density at radius 1 is 1.59 bits per heavy atom. The Bertz CT molecular complexity index is 422. The van der Waals surface area contributed by atoms with Gasteiger partial charge in [0, 0.05) is 24.0 Å². The Morgan fingerprint density at radius 2 is 2.24 bits per heavy atom. The molecule has 0 unspecified atom stereocenters. The maximum absolute atomic E-state index is 12.8. The van der Waals surface area contributed by atoms with Gasteiger partial charge >= 0.3 is 5.97 Å². The van der Waals surface area contributed by atoms with Crippen molar-refractivity contribution in [3.8, 4) is 0 Å². The van der Waals surface area contributed by atoms with Gasteiger partial charge in [-0.25, -0.2) is 13.6 Å². The lowest BCUT2D eigenvalue weighted by molar-refractivity contribution is 0.0513. The van der Waals surface area contributed by atoms with Crippen LogP contribution in [0.2, 0.25) is 0 Å². The lowest BCUT2D eigenvalue weighted by Gasteiger charge is -2.13. The van der Waals surface area contributed by atoms with Gasteiger partial charge in [0.2, 0.25) is 0 Å². The van der Waals surface area contributed by atoms with Gasteiger partial charge in [0.15, 0.2) is 0 Å². The van der Waals surface area contributed by atoms with E-state index in [-0.39, 0.29) is 18.7 Å². The Labute approximate surface area is 97.8 Å². The van der Waals surface area contributed by atoms with Crippen LogP contribution in [0.15, 0.2) is 6.20 Å². The number of aryl methyl sites for hydroxylation is 1. The third-order valence-corrected chi connectivity index (χ3v) is 2.34. The number of carbonyl (C=O) groups is 1. The van der Waals surface area contributed by atoms with Crippen LogP contribution in [0, 0.1) is 6.92 Å². The molecule has 1 aromatic rings. The van der Waals surface area contributed by atoms with Crippen molar-refractivity contribution in [3.63, 3.8) is 0 Å². The first-order valence-electron chi connectivity index (χ1n) is 5.16. The van der Waals surface area contributed by atoms with Crippen molar-refractivity contribution in [2.75, 3.05) is 6.61 Å². The van der Waals surface area contributed by atoms with Gasteiger partial charge in [0.25, 0.3) is 6.43 Å². The van der Waals surface area contributed by atoms with E-state index in [1.807, 2.05) is 0 Å². The lowest BCUT2D eigenvalue weighted by Crippen LogP contribution is -2.16. The fraction of sp³-hybridized carbons (Fsp3) is 0.455. The molecular formula is C11H14F2N2O2. The van der Waals surface area contributed by atoms with Crippen LogP contribution in [0.4, 0.5) is 8.78 Å². The molecule has 1 aromatic heterocycles. The number of alkyl halides is 2. The standard InChI is InChI=1S/C11H14F2N2O2/c1-3-17-11(16)9-7(4-14)6(2)15-5-8(9)10(12)13/h5,10H,3-4,14H2,1-2H3. The second-order valence-corrected chi connectivity index (χ2v) is 3.38. The fourth-order valence-electron chi connectivity index (χ4n) is 1.52. The summed E-state index contributed by atoms with van der Waals surface area (Å²) >= 11 is 0. The average molecular weight is 244 g/mol. The largest absolute Gasteiger partial charge is 0.462 e. The Balaban J connectivity index is 3.38. The summed E-state index contributed by atoms with van der Waals surface area (Å²) in [5.74, 6) is -0.784. The van der Waals surface area contributed by atoms with E-state index in [4.69, 9.17) is 10.5 Å². The molecule has 0 saturated carbocycles. The van der Waals surface area contributed by atoms with E-state index in [1.54, 1.807) is 13.8 Å². The van der Waals surface area contributed by atoms with Gasteiger partial charge in [-0.15, -0.1) is 0 Å². The van der Waals surface area contributed by atoms with Gasteiger partial charge in [0.1, 0.15) is 0 Å². The number of ether oxygens (including phenoxy) is 1. The van der Waals surface area contributed by atoms with E-state index in [1.165, 1.54) is 0 Å². The van der Waals surface area contributed by atoms with Gasteiger partial charge in [-0.1, -0.05) is 0 Å². The monoisotopic (exact) mass is 244 g/mol. The third-order valence-electron chi connectivity index (χ3n) is 2.34. The van der Waals surface area contributed by atoms with Gasteiger partial charge in [-0.05, 0) is 13.8 Å². The molecule has 0 aromatic carbocycles. The van der Waals surface area contributed by atoms with Gasteiger partial charge in [-0.3, -0.25) is 4.98 Å². The van der Waals surface area contributed by atoms with Gasteiger partial charge in [-0.2, -0.15) is 0 Å². The highest BCUT2D eigenvalue weighted by Gasteiger charge is 2.24. The summed E-state index contributed by atoms with van der Waals surface area (Å²) < 4.78 is 30.3. The summed E-state index contributed by atoms with van der Waals surface area (Å²) in [5.41, 5.74) is 5.64. The molecule has 0 atom stereocenters. The first-order chi connectivity index (χ1) is 8.02. The molecule has 0 aliphatic heterocycles. The number of rotatable bonds is 4. The zero-order valence-corrected chi connectivity index (χ0v) is 9.67. The Kier molecular flexibility index (Phi) is 4.51. The number of hydrogen-bond acceptors (Lipinski definition) is 4. The first kappa shape index (κ1) is 13.5. The number of nitrogens with two attached hydrogens (primary N) is 1. The predicted molar refractivity (Wildman–Crippen MR) is 57.8 cm³/mol. The molecule has 1 heterocycles. The zero-order valence-electron chi connectivity index (χ0n) is 9.67. The van der Waals surface area contributed by atoms with Crippen LogP contribution in [0.5, 0.6) is 0 Å². The smallest absolute Gasteiger partial charge is 0.339 e. The minimum atomic E-state index is -2.78. The number of pyridine rings is 1. The van der Waals surface area contributed by atoms with Crippen molar-refractivity contribution >= 4 is 5.97 Å². The van der Waals surface area contributed by atoms with Gasteiger partial charge < -0.3 is 10.5 Å². The second-order valence-electron chi connectivity index (χ2n) is 3.38. The molecule has 2 N–H and O–H groups in total. The minimum Gasteiger partial charge on any atom is -0.462 e. The van der Waals surface area contributed by atoms with E-state index < -0.39 is 18.0 Å². The highest BCUT2D eigenvalue weighted by Crippen LogP contribution is 2.26. The summed E-state index contributed by atoms with van der Waals surface area (Å²) in [7, 11) is 0. The quantitative estimate of drug-likeness (QED) is 0.822. The number of hydrogen-bond donors (Lipinski definition) is 1.